The third-order valence-corrected chi connectivity index (χ3v) is 4.09. The van der Waals surface area contributed by atoms with E-state index in [1.807, 2.05) is 0 Å². The monoisotopic (exact) mass is 211 g/mol. The van der Waals surface area contributed by atoms with Crippen molar-refractivity contribution < 1.29 is 4.74 Å². The summed E-state index contributed by atoms with van der Waals surface area (Å²) in [6, 6.07) is 0. The third-order valence-electron chi connectivity index (χ3n) is 4.09. The van der Waals surface area contributed by atoms with E-state index in [4.69, 9.17) is 4.74 Å². The number of ether oxygens (including phenoxy) is 1. The van der Waals surface area contributed by atoms with Gasteiger partial charge >= 0.3 is 0 Å². The molecule has 2 aliphatic rings. The topological polar surface area (TPSA) is 21.3 Å². The lowest BCUT2D eigenvalue weighted by molar-refractivity contribution is 0.0489. The van der Waals surface area contributed by atoms with Crippen LogP contribution in [0, 0.1) is 17.3 Å². The van der Waals surface area contributed by atoms with Crippen molar-refractivity contribution in [1.82, 2.24) is 5.32 Å². The van der Waals surface area contributed by atoms with E-state index >= 15 is 0 Å². The summed E-state index contributed by atoms with van der Waals surface area (Å²) in [6.07, 6.45) is 6.03. The second-order valence-corrected chi connectivity index (χ2v) is 5.86. The summed E-state index contributed by atoms with van der Waals surface area (Å²) >= 11 is 0. The highest BCUT2D eigenvalue weighted by molar-refractivity contribution is 5.03. The molecule has 0 bridgehead atoms. The van der Waals surface area contributed by atoms with E-state index in [2.05, 4.69) is 26.2 Å². The van der Waals surface area contributed by atoms with Crippen LogP contribution < -0.4 is 5.32 Å². The number of hydrogen-bond acceptors (Lipinski definition) is 2. The normalized spacial score (nSPS) is 38.4. The summed E-state index contributed by atoms with van der Waals surface area (Å²) in [4.78, 5) is 0. The van der Waals surface area contributed by atoms with Crippen molar-refractivity contribution in [2.24, 2.45) is 17.3 Å². The smallest absolute Gasteiger partial charge is 0.0518 e. The summed E-state index contributed by atoms with van der Waals surface area (Å²) in [5, 5.41) is 3.37. The quantitative estimate of drug-likeness (QED) is 0.728. The van der Waals surface area contributed by atoms with Crippen molar-refractivity contribution in [1.29, 1.82) is 0 Å². The Bertz CT molecular complexity index is 205. The first-order valence-corrected chi connectivity index (χ1v) is 6.41. The highest BCUT2D eigenvalue weighted by atomic mass is 16.5. The number of hydrogen-bond donors (Lipinski definition) is 1. The molecule has 2 nitrogen and oxygen atoms in total. The maximum absolute atomic E-state index is 5.70. The number of fused-ring (bicyclic) bond motifs is 1. The van der Waals surface area contributed by atoms with Gasteiger partial charge in [0.15, 0.2) is 0 Å². The van der Waals surface area contributed by atoms with Crippen LogP contribution in [0.1, 0.15) is 39.5 Å². The Balaban J connectivity index is 1.78. The van der Waals surface area contributed by atoms with Crippen LogP contribution >= 0.6 is 0 Å². The zero-order valence-electron chi connectivity index (χ0n) is 10.4. The molecular formula is C13H25NO. The Hall–Kier alpha value is -0.0800. The summed E-state index contributed by atoms with van der Waals surface area (Å²) < 4.78 is 5.70. The summed E-state index contributed by atoms with van der Waals surface area (Å²) in [5.41, 5.74) is 0.567. The van der Waals surface area contributed by atoms with Crippen molar-refractivity contribution in [3.8, 4) is 0 Å². The molecule has 0 aliphatic heterocycles. The molecule has 0 amide bonds. The molecule has 0 aromatic heterocycles. The van der Waals surface area contributed by atoms with Gasteiger partial charge in [-0.25, -0.2) is 0 Å². The lowest BCUT2D eigenvalue weighted by Gasteiger charge is -2.31. The summed E-state index contributed by atoms with van der Waals surface area (Å²) in [7, 11) is 2.08. The molecule has 2 fully saturated rings. The number of nitrogens with one attached hydrogen (secondary N) is 1. The minimum atomic E-state index is 0.382. The Kier molecular flexibility index (Phi) is 3.36. The van der Waals surface area contributed by atoms with E-state index in [0.29, 0.717) is 11.5 Å². The molecular weight excluding hydrogens is 186 g/mol. The van der Waals surface area contributed by atoms with Gasteiger partial charge in [-0.15, -0.1) is 0 Å². The molecule has 2 unspecified atom stereocenters. The first-order valence-electron chi connectivity index (χ1n) is 6.41. The van der Waals surface area contributed by atoms with Crippen LogP contribution in [0.5, 0.6) is 0 Å². The van der Waals surface area contributed by atoms with Crippen LogP contribution in [0.25, 0.3) is 0 Å². The highest BCUT2D eigenvalue weighted by Crippen LogP contribution is 2.60. The largest absolute Gasteiger partial charge is 0.379 e. The molecule has 2 heteroatoms. The van der Waals surface area contributed by atoms with Crippen LogP contribution in [0.4, 0.5) is 0 Å². The van der Waals surface area contributed by atoms with Crippen molar-refractivity contribution in [2.75, 3.05) is 20.2 Å². The zero-order chi connectivity index (χ0) is 10.9. The van der Waals surface area contributed by atoms with Crippen molar-refractivity contribution in [2.45, 2.75) is 45.6 Å². The minimum Gasteiger partial charge on any atom is -0.379 e. The average Bonchev–Trinajstić information content (AvgIpc) is 2.75. The van der Waals surface area contributed by atoms with E-state index in [0.717, 1.165) is 18.4 Å². The SMILES string of the molecule is CNCC1(CCOC(C)C)CC2CC2C1. The first-order chi connectivity index (χ1) is 7.15. The maximum atomic E-state index is 5.70. The van der Waals surface area contributed by atoms with Crippen molar-refractivity contribution >= 4 is 0 Å². The van der Waals surface area contributed by atoms with E-state index in [-0.39, 0.29) is 0 Å². The second-order valence-electron chi connectivity index (χ2n) is 5.86. The number of rotatable bonds is 6. The fraction of sp³-hybridized carbons (Fsp3) is 1.00. The Morgan fingerprint density at radius 2 is 2.00 bits per heavy atom. The summed E-state index contributed by atoms with van der Waals surface area (Å²) in [5.74, 6) is 2.13. The molecule has 0 spiro atoms. The van der Waals surface area contributed by atoms with Gasteiger partial charge in [-0.3, -0.25) is 0 Å². The Labute approximate surface area is 93.8 Å². The van der Waals surface area contributed by atoms with Crippen LogP contribution in [0.3, 0.4) is 0 Å². The summed E-state index contributed by atoms with van der Waals surface area (Å²) in [6.45, 7) is 6.37. The molecule has 1 N–H and O–H groups in total. The van der Waals surface area contributed by atoms with Crippen LogP contribution in [0.2, 0.25) is 0 Å². The molecule has 0 heterocycles. The van der Waals surface area contributed by atoms with Gasteiger partial charge in [0.2, 0.25) is 0 Å². The predicted molar refractivity (Wildman–Crippen MR) is 62.9 cm³/mol. The van der Waals surface area contributed by atoms with E-state index < -0.39 is 0 Å². The first kappa shape index (κ1) is 11.4. The van der Waals surface area contributed by atoms with Crippen LogP contribution in [0.15, 0.2) is 0 Å². The molecule has 2 atom stereocenters. The van der Waals surface area contributed by atoms with E-state index in [1.165, 1.54) is 32.2 Å². The van der Waals surface area contributed by atoms with Gasteiger partial charge in [-0.05, 0) is 63.8 Å². The Morgan fingerprint density at radius 3 is 2.53 bits per heavy atom. The standard InChI is InChI=1S/C13H25NO/c1-10(2)15-5-4-13(9-14-3)7-11-6-12(11)8-13/h10-12,14H,4-9H2,1-3H3. The highest BCUT2D eigenvalue weighted by Gasteiger charge is 2.52. The molecule has 0 aromatic carbocycles. The molecule has 2 rings (SSSR count). The zero-order valence-corrected chi connectivity index (χ0v) is 10.4. The van der Waals surface area contributed by atoms with Gasteiger partial charge in [-0.1, -0.05) is 0 Å². The van der Waals surface area contributed by atoms with E-state index in [9.17, 15) is 0 Å². The third kappa shape index (κ3) is 2.73. The van der Waals surface area contributed by atoms with Gasteiger partial charge in [0.1, 0.15) is 0 Å². The molecule has 0 radical (unpaired) electrons. The molecule has 88 valence electrons. The van der Waals surface area contributed by atoms with Crippen molar-refractivity contribution in [3.05, 3.63) is 0 Å². The molecule has 0 aromatic rings. The fourth-order valence-electron chi connectivity index (χ4n) is 3.33. The van der Waals surface area contributed by atoms with Gasteiger partial charge in [0.05, 0.1) is 6.10 Å². The average molecular weight is 211 g/mol. The van der Waals surface area contributed by atoms with Gasteiger partial charge in [0.25, 0.3) is 0 Å². The van der Waals surface area contributed by atoms with Crippen molar-refractivity contribution in [3.63, 3.8) is 0 Å². The predicted octanol–water partition coefficient (Wildman–Crippen LogP) is 2.44. The Morgan fingerprint density at radius 1 is 1.33 bits per heavy atom. The lowest BCUT2D eigenvalue weighted by atomic mass is 9.80. The van der Waals surface area contributed by atoms with Crippen LogP contribution in [-0.2, 0) is 4.74 Å². The maximum Gasteiger partial charge on any atom is 0.0518 e. The molecule has 2 aliphatic carbocycles. The lowest BCUT2D eigenvalue weighted by Crippen LogP contribution is -2.32. The van der Waals surface area contributed by atoms with Gasteiger partial charge < -0.3 is 10.1 Å². The molecule has 0 saturated heterocycles. The van der Waals surface area contributed by atoms with Crippen LogP contribution in [-0.4, -0.2) is 26.3 Å². The second kappa shape index (κ2) is 4.42. The molecule has 2 saturated carbocycles. The minimum absolute atomic E-state index is 0.382. The van der Waals surface area contributed by atoms with Gasteiger partial charge in [-0.2, -0.15) is 0 Å². The van der Waals surface area contributed by atoms with Gasteiger partial charge in [0, 0.05) is 13.2 Å². The fourth-order valence-corrected chi connectivity index (χ4v) is 3.33. The molecule has 15 heavy (non-hydrogen) atoms. The van der Waals surface area contributed by atoms with E-state index in [1.54, 1.807) is 0 Å².